The lowest BCUT2D eigenvalue weighted by Gasteiger charge is -2.34. The second kappa shape index (κ2) is 10.5. The van der Waals surface area contributed by atoms with Crippen LogP contribution in [0, 0.1) is 0 Å². The number of carbonyl (C=O) groups is 1. The molecule has 0 atom stereocenters. The molecule has 28 heavy (non-hydrogen) atoms. The highest BCUT2D eigenvalue weighted by Gasteiger charge is 2.18. The van der Waals surface area contributed by atoms with Crippen molar-refractivity contribution in [1.82, 2.24) is 15.2 Å². The second-order valence-corrected chi connectivity index (χ2v) is 7.13. The molecule has 1 aliphatic heterocycles. The average Bonchev–Trinajstić information content (AvgIpc) is 2.71. The van der Waals surface area contributed by atoms with Crippen molar-refractivity contribution in [1.29, 1.82) is 0 Å². The van der Waals surface area contributed by atoms with Gasteiger partial charge in [0, 0.05) is 32.7 Å². The van der Waals surface area contributed by atoms with Gasteiger partial charge in [-0.3, -0.25) is 14.6 Å². The first kappa shape index (κ1) is 20.0. The van der Waals surface area contributed by atoms with Gasteiger partial charge in [0.15, 0.2) is 0 Å². The predicted octanol–water partition coefficient (Wildman–Crippen LogP) is 3.01. The van der Waals surface area contributed by atoms with Crippen LogP contribution in [0.5, 0.6) is 0 Å². The van der Waals surface area contributed by atoms with Crippen molar-refractivity contribution >= 4 is 18.2 Å². The van der Waals surface area contributed by atoms with Crippen LogP contribution >= 0.6 is 0 Å². The summed E-state index contributed by atoms with van der Waals surface area (Å²) in [4.78, 5) is 16.7. The molecule has 0 radical (unpaired) electrons. The van der Waals surface area contributed by atoms with E-state index in [0.717, 1.165) is 43.9 Å². The zero-order valence-electron chi connectivity index (χ0n) is 16.4. The quantitative estimate of drug-likeness (QED) is 0.597. The van der Waals surface area contributed by atoms with Crippen LogP contribution in [0.4, 0.5) is 0 Å². The van der Waals surface area contributed by atoms with Crippen LogP contribution in [0.3, 0.4) is 0 Å². The number of hydrogen-bond donors (Lipinski definition) is 1. The van der Waals surface area contributed by atoms with Crippen LogP contribution in [0.1, 0.15) is 18.1 Å². The third kappa shape index (κ3) is 6.76. The molecule has 0 saturated carbocycles. The summed E-state index contributed by atoms with van der Waals surface area (Å²) in [5.74, 6) is -0.0692. The molecule has 5 heteroatoms. The number of rotatable bonds is 7. The number of nitrogens with one attached hydrogen (secondary N) is 1. The lowest BCUT2D eigenvalue weighted by atomic mass is 10.1. The summed E-state index contributed by atoms with van der Waals surface area (Å²) < 4.78 is 0. The minimum Gasteiger partial charge on any atom is -0.297 e. The third-order valence-corrected chi connectivity index (χ3v) is 4.73. The maximum absolute atomic E-state index is 12.1. The lowest BCUT2D eigenvalue weighted by molar-refractivity contribution is -0.122. The van der Waals surface area contributed by atoms with E-state index in [1.54, 1.807) is 6.21 Å². The minimum atomic E-state index is -0.0692. The van der Waals surface area contributed by atoms with Crippen molar-refractivity contribution < 1.29 is 4.79 Å². The summed E-state index contributed by atoms with van der Waals surface area (Å²) in [5.41, 5.74) is 6.07. The van der Waals surface area contributed by atoms with Gasteiger partial charge in [-0.2, -0.15) is 5.10 Å². The molecule has 1 amide bonds. The Labute approximate surface area is 167 Å². The van der Waals surface area contributed by atoms with Gasteiger partial charge >= 0.3 is 0 Å². The van der Waals surface area contributed by atoms with Crippen molar-refractivity contribution in [2.45, 2.75) is 13.5 Å². The molecule has 146 valence electrons. The molecule has 1 fully saturated rings. The van der Waals surface area contributed by atoms with Gasteiger partial charge in [-0.15, -0.1) is 0 Å². The van der Waals surface area contributed by atoms with Gasteiger partial charge in [0.05, 0.1) is 12.8 Å². The zero-order chi connectivity index (χ0) is 19.6. The second-order valence-electron chi connectivity index (χ2n) is 7.13. The van der Waals surface area contributed by atoms with Crippen LogP contribution in [0.15, 0.2) is 71.3 Å². The molecule has 1 aliphatic rings. The molecule has 1 saturated heterocycles. The maximum Gasteiger partial charge on any atom is 0.254 e. The molecule has 1 heterocycles. The Balaban J connectivity index is 1.37. The first-order chi connectivity index (χ1) is 13.7. The van der Waals surface area contributed by atoms with Crippen molar-refractivity contribution in [3.05, 3.63) is 77.4 Å². The number of amides is 1. The molecular weight excluding hydrogens is 348 g/mol. The highest BCUT2D eigenvalue weighted by molar-refractivity contribution is 5.86. The van der Waals surface area contributed by atoms with Crippen LogP contribution in [-0.4, -0.2) is 54.6 Å². The van der Waals surface area contributed by atoms with E-state index in [-0.39, 0.29) is 5.91 Å². The summed E-state index contributed by atoms with van der Waals surface area (Å²) >= 11 is 0. The molecular formula is C23H28N4O. The molecule has 0 aliphatic carbocycles. The minimum absolute atomic E-state index is 0.0692. The molecule has 0 aromatic heterocycles. The van der Waals surface area contributed by atoms with Gasteiger partial charge in [-0.05, 0) is 23.6 Å². The van der Waals surface area contributed by atoms with E-state index in [0.29, 0.717) is 6.54 Å². The van der Waals surface area contributed by atoms with E-state index in [1.165, 1.54) is 5.56 Å². The summed E-state index contributed by atoms with van der Waals surface area (Å²) in [6, 6.07) is 20.6. The zero-order valence-corrected chi connectivity index (χ0v) is 16.4. The Hall–Kier alpha value is -2.76. The van der Waals surface area contributed by atoms with E-state index in [2.05, 4.69) is 44.6 Å². The largest absolute Gasteiger partial charge is 0.297 e. The first-order valence-electron chi connectivity index (χ1n) is 9.73. The summed E-state index contributed by atoms with van der Waals surface area (Å²) in [5, 5.41) is 4.07. The number of hydrogen-bond acceptors (Lipinski definition) is 4. The first-order valence-corrected chi connectivity index (χ1v) is 9.73. The maximum atomic E-state index is 12.1. The highest BCUT2D eigenvalue weighted by atomic mass is 16.2. The van der Waals surface area contributed by atoms with Crippen LogP contribution < -0.4 is 5.43 Å². The van der Waals surface area contributed by atoms with Crippen molar-refractivity contribution in [3.8, 4) is 0 Å². The van der Waals surface area contributed by atoms with E-state index >= 15 is 0 Å². The standard InChI is InChI=1S/C23H28N4O/c1-20(16-21-8-4-2-5-9-21)17-24-25-23(28)19-27-14-12-26(13-15-27)18-22-10-6-3-7-11-22/h2-11,16-17H,12-15,18-19H2,1H3,(H,25,28). The monoisotopic (exact) mass is 376 g/mol. The fraction of sp³-hybridized carbons (Fsp3) is 0.304. The normalized spacial score (nSPS) is 16.4. The van der Waals surface area contributed by atoms with Gasteiger partial charge in [-0.1, -0.05) is 66.7 Å². The van der Waals surface area contributed by atoms with E-state index in [9.17, 15) is 4.79 Å². The van der Waals surface area contributed by atoms with E-state index in [4.69, 9.17) is 0 Å². The van der Waals surface area contributed by atoms with Crippen LogP contribution in [0.2, 0.25) is 0 Å². The number of piperazine rings is 1. The number of allylic oxidation sites excluding steroid dienone is 1. The average molecular weight is 377 g/mol. The number of benzene rings is 2. The number of hydrazone groups is 1. The predicted molar refractivity (Wildman–Crippen MR) is 115 cm³/mol. The lowest BCUT2D eigenvalue weighted by Crippen LogP contribution is -2.48. The molecule has 3 rings (SSSR count). The van der Waals surface area contributed by atoms with Gasteiger partial charge in [0.2, 0.25) is 0 Å². The van der Waals surface area contributed by atoms with Crippen LogP contribution in [0.25, 0.3) is 6.08 Å². The molecule has 5 nitrogen and oxygen atoms in total. The molecule has 0 bridgehead atoms. The Morgan fingerprint density at radius 3 is 2.25 bits per heavy atom. The van der Waals surface area contributed by atoms with Gasteiger partial charge < -0.3 is 0 Å². The summed E-state index contributed by atoms with van der Waals surface area (Å²) in [7, 11) is 0. The van der Waals surface area contributed by atoms with Crippen molar-refractivity contribution in [2.75, 3.05) is 32.7 Å². The smallest absolute Gasteiger partial charge is 0.254 e. The molecule has 0 unspecified atom stereocenters. The molecule has 2 aromatic rings. The fourth-order valence-electron chi connectivity index (χ4n) is 3.24. The van der Waals surface area contributed by atoms with Gasteiger partial charge in [0.1, 0.15) is 0 Å². The topological polar surface area (TPSA) is 47.9 Å². The Morgan fingerprint density at radius 1 is 0.964 bits per heavy atom. The van der Waals surface area contributed by atoms with Crippen molar-refractivity contribution in [2.24, 2.45) is 5.10 Å². The van der Waals surface area contributed by atoms with Crippen molar-refractivity contribution in [3.63, 3.8) is 0 Å². The van der Waals surface area contributed by atoms with E-state index < -0.39 is 0 Å². The summed E-state index contributed by atoms with van der Waals surface area (Å²) in [6.45, 7) is 7.08. The number of nitrogens with zero attached hydrogens (tertiary/aromatic N) is 3. The SMILES string of the molecule is CC(C=NNC(=O)CN1CCN(Cc2ccccc2)CC1)=Cc1ccccc1. The summed E-state index contributed by atoms with van der Waals surface area (Å²) in [6.07, 6.45) is 3.71. The fourth-order valence-corrected chi connectivity index (χ4v) is 3.24. The van der Waals surface area contributed by atoms with E-state index in [1.807, 2.05) is 49.4 Å². The molecule has 2 aromatic carbocycles. The third-order valence-electron chi connectivity index (χ3n) is 4.73. The highest BCUT2D eigenvalue weighted by Crippen LogP contribution is 2.08. The molecule has 1 N–H and O–H groups in total. The van der Waals surface area contributed by atoms with Gasteiger partial charge in [0.25, 0.3) is 5.91 Å². The Kier molecular flexibility index (Phi) is 7.53. The Bertz CT molecular complexity index is 794. The Morgan fingerprint density at radius 2 is 1.57 bits per heavy atom. The number of carbonyl (C=O) groups excluding carboxylic acids is 1. The van der Waals surface area contributed by atoms with Gasteiger partial charge in [-0.25, -0.2) is 5.43 Å². The molecule has 0 spiro atoms. The van der Waals surface area contributed by atoms with Crippen LogP contribution in [-0.2, 0) is 11.3 Å².